The topological polar surface area (TPSA) is 95.3 Å². The van der Waals surface area contributed by atoms with Crippen LogP contribution in [-0.4, -0.2) is 73.9 Å². The molecular weight excluding hydrogens is 503 g/mol. The number of halogens is 1. The number of nitrogens with one attached hydrogen (secondary N) is 1. The Balaban J connectivity index is 1.30. The number of anilines is 1. The first-order chi connectivity index (χ1) is 18.8. The molecule has 3 aliphatic rings. The van der Waals surface area contributed by atoms with E-state index in [0.717, 1.165) is 50.2 Å². The smallest absolute Gasteiger partial charge is 0.257 e. The molecule has 39 heavy (non-hydrogen) atoms. The molecule has 0 aliphatic carbocycles. The Morgan fingerprint density at radius 1 is 1.08 bits per heavy atom. The molecule has 0 radical (unpaired) electrons. The van der Waals surface area contributed by atoms with E-state index >= 15 is 0 Å². The number of ether oxygens (including phenoxy) is 1. The maximum Gasteiger partial charge on any atom is 0.257 e. The van der Waals surface area contributed by atoms with E-state index in [-0.39, 0.29) is 30.8 Å². The number of methoxy groups -OCH3 is 1. The second-order valence-electron chi connectivity index (χ2n) is 10.6. The van der Waals surface area contributed by atoms with Gasteiger partial charge in [-0.2, -0.15) is 0 Å². The predicted molar refractivity (Wildman–Crippen MR) is 142 cm³/mol. The van der Waals surface area contributed by atoms with Crippen LogP contribution in [0.2, 0.25) is 0 Å². The van der Waals surface area contributed by atoms with Gasteiger partial charge in [0.2, 0.25) is 11.8 Å². The zero-order valence-electron chi connectivity index (χ0n) is 22.1. The second-order valence-corrected chi connectivity index (χ2v) is 10.6. The van der Waals surface area contributed by atoms with Crippen LogP contribution in [0.3, 0.4) is 0 Å². The van der Waals surface area contributed by atoms with Gasteiger partial charge in [0, 0.05) is 50.3 Å². The van der Waals surface area contributed by atoms with Crippen LogP contribution >= 0.6 is 0 Å². The lowest BCUT2D eigenvalue weighted by atomic mass is 9.82. The lowest BCUT2D eigenvalue weighted by molar-refractivity contribution is -0.127. The van der Waals surface area contributed by atoms with Crippen molar-refractivity contribution in [1.29, 1.82) is 0 Å². The Kier molecular flexibility index (Phi) is 6.29. The first kappa shape index (κ1) is 25.4. The molecule has 0 saturated carbocycles. The van der Waals surface area contributed by atoms with Gasteiger partial charge in [0.15, 0.2) is 11.6 Å². The summed E-state index contributed by atoms with van der Waals surface area (Å²) < 4.78 is 26.1. The van der Waals surface area contributed by atoms with Crippen LogP contribution in [0.15, 0.2) is 40.8 Å². The van der Waals surface area contributed by atoms with Gasteiger partial charge in [0.1, 0.15) is 16.8 Å². The summed E-state index contributed by atoms with van der Waals surface area (Å²) in [5, 5.41) is 3.20. The van der Waals surface area contributed by atoms with Crippen LogP contribution in [0.4, 0.5) is 10.1 Å². The maximum absolute atomic E-state index is 14.9. The molecule has 10 heteroatoms. The molecule has 2 fully saturated rings. The van der Waals surface area contributed by atoms with Gasteiger partial charge in [-0.25, -0.2) is 4.39 Å². The number of piperazine rings is 1. The molecule has 6 rings (SSSR count). The van der Waals surface area contributed by atoms with Gasteiger partial charge < -0.3 is 19.0 Å². The minimum Gasteiger partial charge on any atom is -0.494 e. The first-order valence-corrected chi connectivity index (χ1v) is 13.3. The Hall–Kier alpha value is -3.92. The Morgan fingerprint density at radius 3 is 2.56 bits per heavy atom. The molecule has 2 saturated heterocycles. The minimum absolute atomic E-state index is 0.0210. The van der Waals surface area contributed by atoms with Crippen molar-refractivity contribution in [2.24, 2.45) is 0 Å². The van der Waals surface area contributed by atoms with Crippen molar-refractivity contribution in [3.63, 3.8) is 0 Å². The van der Waals surface area contributed by atoms with Crippen molar-refractivity contribution in [3.8, 4) is 5.75 Å². The zero-order chi connectivity index (χ0) is 27.3. The molecule has 0 unspecified atom stereocenters. The Labute approximate surface area is 225 Å². The molecule has 1 N–H and O–H groups in total. The summed E-state index contributed by atoms with van der Waals surface area (Å²) in [6.45, 7) is 7.16. The summed E-state index contributed by atoms with van der Waals surface area (Å²) in [4.78, 5) is 45.2. The second kappa shape index (κ2) is 9.68. The van der Waals surface area contributed by atoms with Gasteiger partial charge in [-0.05, 0) is 48.9 Å². The molecule has 204 valence electrons. The number of hydrogen-bond donors (Lipinski definition) is 1. The molecule has 3 aromatic rings. The van der Waals surface area contributed by atoms with Crippen LogP contribution in [0.1, 0.15) is 41.4 Å². The SMILES string of the molecule is CCCN1CCN(c2ccc3oc([C@]4(CN5Cc6ccc(OC)c(F)c6C5=O)CC(=O)NC4=O)cc3c2)CC1. The van der Waals surface area contributed by atoms with Crippen molar-refractivity contribution in [2.45, 2.75) is 31.7 Å². The standard InChI is InChI=1S/C29H31FN4O5/c1-3-8-32-9-11-33(12-10-32)20-5-7-21-19(13-20)14-23(39-21)29(15-24(35)31-28(29)37)17-34-16-18-4-6-22(38-2)26(30)25(18)27(34)36/h4-7,13-14H,3,8-12,15-17H2,1-2H3,(H,31,35,37)/t29-/m1/s1. The van der Waals surface area contributed by atoms with Gasteiger partial charge in [-0.1, -0.05) is 13.0 Å². The number of hydrogen-bond acceptors (Lipinski definition) is 7. The molecule has 1 atom stereocenters. The maximum atomic E-state index is 14.9. The molecule has 0 bridgehead atoms. The number of carbonyl (C=O) groups is 3. The molecule has 1 aromatic heterocycles. The predicted octanol–water partition coefficient (Wildman–Crippen LogP) is 3.05. The molecule has 4 heterocycles. The summed E-state index contributed by atoms with van der Waals surface area (Å²) in [5.41, 5.74) is 0.688. The first-order valence-electron chi connectivity index (χ1n) is 13.3. The van der Waals surface area contributed by atoms with Crippen LogP contribution in [-0.2, 0) is 21.5 Å². The number of amides is 3. The van der Waals surface area contributed by atoms with Crippen LogP contribution in [0, 0.1) is 5.82 Å². The lowest BCUT2D eigenvalue weighted by Gasteiger charge is -2.36. The third-order valence-electron chi connectivity index (χ3n) is 8.13. The summed E-state index contributed by atoms with van der Waals surface area (Å²) in [6.07, 6.45) is 0.976. The summed E-state index contributed by atoms with van der Waals surface area (Å²) in [6, 6.07) is 10.8. The summed E-state index contributed by atoms with van der Waals surface area (Å²) in [7, 11) is 1.34. The van der Waals surface area contributed by atoms with E-state index in [2.05, 4.69) is 22.0 Å². The number of furan rings is 1. The van der Waals surface area contributed by atoms with Crippen LogP contribution in [0.25, 0.3) is 11.0 Å². The highest BCUT2D eigenvalue weighted by atomic mass is 19.1. The van der Waals surface area contributed by atoms with Crippen molar-refractivity contribution in [2.75, 3.05) is 51.3 Å². The minimum atomic E-state index is -1.42. The number of fused-ring (bicyclic) bond motifs is 2. The van der Waals surface area contributed by atoms with E-state index in [1.54, 1.807) is 12.1 Å². The van der Waals surface area contributed by atoms with E-state index in [1.807, 2.05) is 18.2 Å². The van der Waals surface area contributed by atoms with Crippen molar-refractivity contribution in [3.05, 3.63) is 59.1 Å². The van der Waals surface area contributed by atoms with Gasteiger partial charge in [-0.3, -0.25) is 24.6 Å². The van der Waals surface area contributed by atoms with Crippen molar-refractivity contribution < 1.29 is 27.9 Å². The molecule has 9 nitrogen and oxygen atoms in total. The average molecular weight is 535 g/mol. The van der Waals surface area contributed by atoms with Gasteiger partial charge in [0.25, 0.3) is 5.91 Å². The fourth-order valence-electron chi connectivity index (χ4n) is 6.07. The van der Waals surface area contributed by atoms with Crippen molar-refractivity contribution >= 4 is 34.4 Å². The Morgan fingerprint density at radius 2 is 1.87 bits per heavy atom. The summed E-state index contributed by atoms with van der Waals surface area (Å²) in [5.74, 6) is -1.95. The quantitative estimate of drug-likeness (QED) is 0.466. The molecule has 3 amide bonds. The highest BCUT2D eigenvalue weighted by Gasteiger charge is 2.53. The van der Waals surface area contributed by atoms with Crippen molar-refractivity contribution in [1.82, 2.24) is 15.1 Å². The molecular formula is C29H31FN4O5. The fraction of sp³-hybridized carbons (Fsp3) is 0.414. The number of carbonyl (C=O) groups excluding carboxylic acids is 3. The van der Waals surface area contributed by atoms with Gasteiger partial charge in [0.05, 0.1) is 19.1 Å². The van der Waals surface area contributed by atoms with E-state index in [4.69, 9.17) is 9.15 Å². The Bertz CT molecular complexity index is 1480. The number of nitrogens with zero attached hydrogens (tertiary/aromatic N) is 3. The third kappa shape index (κ3) is 4.23. The monoisotopic (exact) mass is 534 g/mol. The molecule has 3 aliphatic heterocycles. The van der Waals surface area contributed by atoms with E-state index in [9.17, 15) is 18.8 Å². The third-order valence-corrected chi connectivity index (χ3v) is 8.13. The number of rotatable bonds is 7. The highest BCUT2D eigenvalue weighted by molar-refractivity contribution is 6.10. The largest absolute Gasteiger partial charge is 0.494 e. The van der Waals surface area contributed by atoms with E-state index in [1.165, 1.54) is 18.1 Å². The number of imide groups is 1. The summed E-state index contributed by atoms with van der Waals surface area (Å²) >= 11 is 0. The van der Waals surface area contributed by atoms with Gasteiger partial charge >= 0.3 is 0 Å². The normalized spacial score (nSPS) is 21.7. The van der Waals surface area contributed by atoms with Crippen LogP contribution in [0.5, 0.6) is 5.75 Å². The highest BCUT2D eigenvalue weighted by Crippen LogP contribution is 2.40. The van der Waals surface area contributed by atoms with E-state index in [0.29, 0.717) is 16.9 Å². The molecule has 2 aromatic carbocycles. The molecule has 0 spiro atoms. The lowest BCUT2D eigenvalue weighted by Crippen LogP contribution is -2.46. The average Bonchev–Trinajstić information content (AvgIpc) is 3.58. The van der Waals surface area contributed by atoms with Gasteiger partial charge in [-0.15, -0.1) is 0 Å². The van der Waals surface area contributed by atoms with E-state index < -0.39 is 29.0 Å². The zero-order valence-corrected chi connectivity index (χ0v) is 22.1. The number of benzene rings is 2. The van der Waals surface area contributed by atoms with Crippen LogP contribution < -0.4 is 15.0 Å². The fourth-order valence-corrected chi connectivity index (χ4v) is 6.07.